The van der Waals surface area contributed by atoms with Gasteiger partial charge in [0, 0.05) is 0 Å². The smallest absolute Gasteiger partial charge is 0.277 e. The monoisotopic (exact) mass is 360 g/mol. The van der Waals surface area contributed by atoms with E-state index in [4.69, 9.17) is 4.74 Å². The third-order valence-corrected chi connectivity index (χ3v) is 4.35. The molecular weight excluding hydrogens is 336 g/mol. The number of carbonyl (C=O) groups is 1. The van der Waals surface area contributed by atoms with Gasteiger partial charge in [0.2, 0.25) is 0 Å². The van der Waals surface area contributed by atoms with Crippen LogP contribution in [0, 0.1) is 0 Å². The first-order valence-corrected chi connectivity index (χ1v) is 9.20. The SMILES string of the molecule is CCCc1ccc(/C(C)=N/NC(=O)COc2ccc3ccccc3c2)cc1. The molecular formula is C23H24N2O2. The Morgan fingerprint density at radius 3 is 2.48 bits per heavy atom. The van der Waals surface area contributed by atoms with Gasteiger partial charge in [0.25, 0.3) is 5.91 Å². The number of aryl methyl sites for hydroxylation is 1. The normalized spacial score (nSPS) is 11.4. The summed E-state index contributed by atoms with van der Waals surface area (Å²) in [4.78, 5) is 12.0. The van der Waals surface area contributed by atoms with Crippen molar-refractivity contribution in [3.63, 3.8) is 0 Å². The molecule has 3 rings (SSSR count). The number of nitrogens with one attached hydrogen (secondary N) is 1. The molecule has 0 saturated heterocycles. The molecule has 0 fully saturated rings. The number of rotatable bonds is 7. The van der Waals surface area contributed by atoms with Crippen molar-refractivity contribution in [3.05, 3.63) is 77.9 Å². The van der Waals surface area contributed by atoms with Gasteiger partial charge in [-0.2, -0.15) is 5.10 Å². The Kier molecular flexibility index (Phi) is 6.21. The van der Waals surface area contributed by atoms with Gasteiger partial charge < -0.3 is 4.74 Å². The molecule has 1 N–H and O–H groups in total. The lowest BCUT2D eigenvalue weighted by Crippen LogP contribution is -2.25. The molecule has 0 bridgehead atoms. The zero-order valence-corrected chi connectivity index (χ0v) is 15.7. The van der Waals surface area contributed by atoms with Gasteiger partial charge in [0.05, 0.1) is 5.71 Å². The van der Waals surface area contributed by atoms with Crippen LogP contribution in [0.4, 0.5) is 0 Å². The minimum absolute atomic E-state index is 0.0788. The van der Waals surface area contributed by atoms with Crippen LogP contribution in [0.5, 0.6) is 5.75 Å². The van der Waals surface area contributed by atoms with Crippen LogP contribution in [0.25, 0.3) is 10.8 Å². The number of carbonyl (C=O) groups excluding carboxylic acids is 1. The number of hydrogen-bond donors (Lipinski definition) is 1. The highest BCUT2D eigenvalue weighted by atomic mass is 16.5. The van der Waals surface area contributed by atoms with Crippen LogP contribution in [0.1, 0.15) is 31.4 Å². The number of fused-ring (bicyclic) bond motifs is 1. The molecule has 4 nitrogen and oxygen atoms in total. The van der Waals surface area contributed by atoms with Crippen molar-refractivity contribution in [2.75, 3.05) is 6.61 Å². The summed E-state index contributed by atoms with van der Waals surface area (Å²) in [5.41, 5.74) is 5.61. The zero-order valence-electron chi connectivity index (χ0n) is 15.7. The molecule has 0 radical (unpaired) electrons. The fraction of sp³-hybridized carbons (Fsp3) is 0.217. The third-order valence-electron chi connectivity index (χ3n) is 4.35. The molecule has 0 saturated carbocycles. The minimum Gasteiger partial charge on any atom is -0.484 e. The van der Waals surface area contributed by atoms with Gasteiger partial charge in [-0.15, -0.1) is 0 Å². The van der Waals surface area contributed by atoms with Gasteiger partial charge in [-0.25, -0.2) is 5.43 Å². The summed E-state index contributed by atoms with van der Waals surface area (Å²) >= 11 is 0. The summed E-state index contributed by atoms with van der Waals surface area (Å²) in [6.45, 7) is 3.96. The Labute approximate surface area is 159 Å². The molecule has 0 aliphatic carbocycles. The molecule has 3 aromatic rings. The van der Waals surface area contributed by atoms with Crippen LogP contribution in [-0.2, 0) is 11.2 Å². The maximum absolute atomic E-state index is 12.0. The average Bonchev–Trinajstić information content (AvgIpc) is 2.71. The van der Waals surface area contributed by atoms with Gasteiger partial charge in [0.15, 0.2) is 6.61 Å². The van der Waals surface area contributed by atoms with Crippen molar-refractivity contribution in [3.8, 4) is 5.75 Å². The summed E-state index contributed by atoms with van der Waals surface area (Å²) in [5, 5.41) is 6.39. The quantitative estimate of drug-likeness (QED) is 0.490. The highest BCUT2D eigenvalue weighted by molar-refractivity contribution is 5.99. The molecule has 27 heavy (non-hydrogen) atoms. The van der Waals surface area contributed by atoms with Gasteiger partial charge in [-0.1, -0.05) is 67.9 Å². The number of ether oxygens (including phenoxy) is 1. The van der Waals surface area contributed by atoms with Gasteiger partial charge in [-0.05, 0) is 47.4 Å². The summed E-state index contributed by atoms with van der Waals surface area (Å²) in [6.07, 6.45) is 2.19. The van der Waals surface area contributed by atoms with Crippen LogP contribution >= 0.6 is 0 Å². The van der Waals surface area contributed by atoms with E-state index in [-0.39, 0.29) is 12.5 Å². The molecule has 0 aliphatic heterocycles. The first kappa shape index (κ1) is 18.6. The summed E-state index contributed by atoms with van der Waals surface area (Å²) in [5.74, 6) is 0.376. The Morgan fingerprint density at radius 1 is 1.00 bits per heavy atom. The number of benzene rings is 3. The van der Waals surface area contributed by atoms with Crippen molar-refractivity contribution < 1.29 is 9.53 Å². The molecule has 4 heteroatoms. The molecule has 0 unspecified atom stereocenters. The molecule has 3 aromatic carbocycles. The average molecular weight is 360 g/mol. The maximum atomic E-state index is 12.0. The van der Waals surface area contributed by atoms with E-state index in [1.54, 1.807) is 0 Å². The van der Waals surface area contributed by atoms with E-state index in [1.165, 1.54) is 5.56 Å². The first-order valence-electron chi connectivity index (χ1n) is 9.20. The molecule has 0 spiro atoms. The first-order chi connectivity index (χ1) is 13.2. The number of hydrazone groups is 1. The van der Waals surface area contributed by atoms with E-state index in [2.05, 4.69) is 29.6 Å². The molecule has 0 atom stereocenters. The molecule has 0 aromatic heterocycles. The lowest BCUT2D eigenvalue weighted by molar-refractivity contribution is -0.123. The van der Waals surface area contributed by atoms with Crippen molar-refractivity contribution in [2.24, 2.45) is 5.10 Å². The van der Waals surface area contributed by atoms with Crippen molar-refractivity contribution in [1.82, 2.24) is 5.43 Å². The second-order valence-corrected chi connectivity index (χ2v) is 6.48. The lowest BCUT2D eigenvalue weighted by atomic mass is 10.1. The van der Waals surface area contributed by atoms with Crippen LogP contribution in [0.3, 0.4) is 0 Å². The number of nitrogens with zero attached hydrogens (tertiary/aromatic N) is 1. The summed E-state index contributed by atoms with van der Waals surface area (Å²) in [7, 11) is 0. The topological polar surface area (TPSA) is 50.7 Å². The maximum Gasteiger partial charge on any atom is 0.277 e. The van der Waals surface area contributed by atoms with E-state index in [9.17, 15) is 4.79 Å². The second kappa shape index (κ2) is 8.99. The fourth-order valence-electron chi connectivity index (χ4n) is 2.85. The van der Waals surface area contributed by atoms with Crippen LogP contribution < -0.4 is 10.2 Å². The highest BCUT2D eigenvalue weighted by Gasteiger charge is 2.04. The Bertz CT molecular complexity index is 946. The number of hydrogen-bond acceptors (Lipinski definition) is 3. The van der Waals surface area contributed by atoms with Crippen LogP contribution in [0.15, 0.2) is 71.8 Å². The zero-order chi connectivity index (χ0) is 19.1. The Hall–Kier alpha value is -3.14. The summed E-state index contributed by atoms with van der Waals surface area (Å²) in [6, 6.07) is 22.1. The minimum atomic E-state index is -0.287. The van der Waals surface area contributed by atoms with E-state index < -0.39 is 0 Å². The van der Waals surface area contributed by atoms with Crippen LogP contribution in [0.2, 0.25) is 0 Å². The van der Waals surface area contributed by atoms with Crippen molar-refractivity contribution in [2.45, 2.75) is 26.7 Å². The molecule has 0 aliphatic rings. The van der Waals surface area contributed by atoms with E-state index in [0.717, 1.165) is 34.9 Å². The lowest BCUT2D eigenvalue weighted by Gasteiger charge is -2.07. The summed E-state index contributed by atoms with van der Waals surface area (Å²) < 4.78 is 5.58. The van der Waals surface area contributed by atoms with Gasteiger partial charge in [0.1, 0.15) is 5.75 Å². The molecule has 0 heterocycles. The van der Waals surface area contributed by atoms with E-state index in [1.807, 2.05) is 61.5 Å². The van der Waals surface area contributed by atoms with E-state index >= 15 is 0 Å². The third kappa shape index (κ3) is 5.17. The standard InChI is InChI=1S/C23H24N2O2/c1-3-6-18-9-11-19(12-10-18)17(2)24-25-23(26)16-27-22-14-13-20-7-4-5-8-21(20)15-22/h4-5,7-15H,3,6,16H2,1-2H3,(H,25,26)/b24-17+. The predicted molar refractivity (Wildman–Crippen MR) is 110 cm³/mol. The Balaban J connectivity index is 1.54. The predicted octanol–water partition coefficient (Wildman–Crippen LogP) is 4.71. The second-order valence-electron chi connectivity index (χ2n) is 6.48. The largest absolute Gasteiger partial charge is 0.484 e. The molecule has 138 valence electrons. The highest BCUT2D eigenvalue weighted by Crippen LogP contribution is 2.20. The Morgan fingerprint density at radius 2 is 1.74 bits per heavy atom. The molecule has 1 amide bonds. The fourth-order valence-corrected chi connectivity index (χ4v) is 2.85. The van der Waals surface area contributed by atoms with Crippen molar-refractivity contribution in [1.29, 1.82) is 0 Å². The van der Waals surface area contributed by atoms with Crippen LogP contribution in [-0.4, -0.2) is 18.2 Å². The van der Waals surface area contributed by atoms with Crippen molar-refractivity contribution >= 4 is 22.4 Å². The van der Waals surface area contributed by atoms with Gasteiger partial charge in [-0.3, -0.25) is 4.79 Å². The number of amides is 1. The van der Waals surface area contributed by atoms with Gasteiger partial charge >= 0.3 is 0 Å². The van der Waals surface area contributed by atoms with E-state index in [0.29, 0.717) is 5.75 Å².